The van der Waals surface area contributed by atoms with Crippen molar-refractivity contribution in [2.45, 2.75) is 20.3 Å². The number of anilines is 2. The molecule has 4 rings (SSSR count). The van der Waals surface area contributed by atoms with Crippen LogP contribution in [0.4, 0.5) is 16.4 Å². The fourth-order valence-electron chi connectivity index (χ4n) is 3.47. The fraction of sp³-hybridized carbons (Fsp3) is 0.261. The topological polar surface area (TPSA) is 116 Å². The van der Waals surface area contributed by atoms with Crippen molar-refractivity contribution in [3.8, 4) is 11.1 Å². The van der Waals surface area contributed by atoms with Crippen LogP contribution < -0.4 is 10.6 Å². The Morgan fingerprint density at radius 1 is 1.15 bits per heavy atom. The second kappa shape index (κ2) is 9.51. The maximum Gasteiger partial charge on any atom is 0.419 e. The third-order valence-corrected chi connectivity index (χ3v) is 5.06. The van der Waals surface area contributed by atoms with Crippen molar-refractivity contribution in [3.63, 3.8) is 0 Å². The normalized spacial score (nSPS) is 10.9. The van der Waals surface area contributed by atoms with Crippen LogP contribution in [0.3, 0.4) is 0 Å². The highest BCUT2D eigenvalue weighted by Crippen LogP contribution is 2.27. The van der Waals surface area contributed by atoms with E-state index in [2.05, 4.69) is 31.8 Å². The van der Waals surface area contributed by atoms with Crippen molar-refractivity contribution in [3.05, 3.63) is 54.9 Å². The summed E-state index contributed by atoms with van der Waals surface area (Å²) in [7, 11) is 1.88. The second-order valence-electron chi connectivity index (χ2n) is 7.47. The van der Waals surface area contributed by atoms with E-state index in [0.717, 1.165) is 21.9 Å². The molecule has 170 valence electrons. The fourth-order valence-corrected chi connectivity index (χ4v) is 3.47. The smallest absolute Gasteiger partial charge is 0.419 e. The first-order valence-electron chi connectivity index (χ1n) is 10.6. The molecule has 0 saturated heterocycles. The molecule has 3 heterocycles. The summed E-state index contributed by atoms with van der Waals surface area (Å²) in [5.41, 5.74) is 2.06. The van der Waals surface area contributed by atoms with Crippen molar-refractivity contribution in [2.75, 3.05) is 23.8 Å². The number of pyridine rings is 1. The Kier molecular flexibility index (Phi) is 6.34. The zero-order valence-corrected chi connectivity index (χ0v) is 18.7. The molecule has 0 aliphatic rings. The maximum atomic E-state index is 12.4. The average molecular weight is 447 g/mol. The van der Waals surface area contributed by atoms with Crippen LogP contribution >= 0.6 is 0 Å². The van der Waals surface area contributed by atoms with Gasteiger partial charge >= 0.3 is 6.09 Å². The standard InChI is InChI=1S/C23H25N7O3/c1-4-33-23(32)30-14-20(27-15(30)2)28-21(31)8-10-25-22-19-11-17(18-12-26-29(3)13-18)6-5-16(19)7-9-24-22/h5-7,9,11-14H,4,8,10H2,1-3H3,(H,24,25)(H,28,31). The number of nitrogens with one attached hydrogen (secondary N) is 2. The SMILES string of the molecule is CCOC(=O)n1cc(NC(=O)CCNc2nccc3ccc(-c4cnn(C)c4)cc23)nc1C. The van der Waals surface area contributed by atoms with Crippen molar-refractivity contribution in [1.82, 2.24) is 24.3 Å². The van der Waals surface area contributed by atoms with Crippen LogP contribution in [0.25, 0.3) is 21.9 Å². The number of carbonyl (C=O) groups is 2. The van der Waals surface area contributed by atoms with Gasteiger partial charge in [0.2, 0.25) is 5.91 Å². The first kappa shape index (κ1) is 22.0. The predicted octanol–water partition coefficient (Wildman–Crippen LogP) is 3.59. The first-order valence-corrected chi connectivity index (χ1v) is 10.6. The third kappa shape index (κ3) is 5.00. The Morgan fingerprint density at radius 2 is 2.00 bits per heavy atom. The molecule has 33 heavy (non-hydrogen) atoms. The first-order chi connectivity index (χ1) is 15.9. The molecule has 1 aromatic carbocycles. The Labute approximate surface area is 190 Å². The highest BCUT2D eigenvalue weighted by Gasteiger charge is 2.14. The Balaban J connectivity index is 1.40. The number of rotatable bonds is 7. The van der Waals surface area contributed by atoms with Crippen LogP contribution in [0.5, 0.6) is 0 Å². The van der Waals surface area contributed by atoms with Crippen LogP contribution in [0.1, 0.15) is 19.2 Å². The minimum atomic E-state index is -0.530. The number of amides is 1. The lowest BCUT2D eigenvalue weighted by Crippen LogP contribution is -2.17. The van der Waals surface area contributed by atoms with Gasteiger partial charge in [0, 0.05) is 43.4 Å². The van der Waals surface area contributed by atoms with Crippen LogP contribution in [-0.4, -0.2) is 49.5 Å². The van der Waals surface area contributed by atoms with Gasteiger partial charge in [0.15, 0.2) is 5.82 Å². The van der Waals surface area contributed by atoms with E-state index in [4.69, 9.17) is 4.74 Å². The van der Waals surface area contributed by atoms with Crippen LogP contribution in [-0.2, 0) is 16.6 Å². The van der Waals surface area contributed by atoms with Gasteiger partial charge in [0.1, 0.15) is 11.6 Å². The van der Waals surface area contributed by atoms with E-state index in [-0.39, 0.29) is 18.9 Å². The highest BCUT2D eigenvalue weighted by atomic mass is 16.5. The highest BCUT2D eigenvalue weighted by molar-refractivity contribution is 5.95. The van der Waals surface area contributed by atoms with Gasteiger partial charge < -0.3 is 15.4 Å². The molecule has 0 atom stereocenters. The van der Waals surface area contributed by atoms with E-state index in [0.29, 0.717) is 24.0 Å². The van der Waals surface area contributed by atoms with Gasteiger partial charge in [-0.1, -0.05) is 12.1 Å². The molecular weight excluding hydrogens is 422 g/mol. The molecule has 0 radical (unpaired) electrons. The molecule has 0 unspecified atom stereocenters. The van der Waals surface area contributed by atoms with Gasteiger partial charge in [-0.05, 0) is 36.9 Å². The van der Waals surface area contributed by atoms with Crippen molar-refractivity contribution in [2.24, 2.45) is 7.05 Å². The van der Waals surface area contributed by atoms with E-state index in [1.165, 1.54) is 10.8 Å². The number of hydrogen-bond acceptors (Lipinski definition) is 7. The third-order valence-electron chi connectivity index (χ3n) is 5.06. The van der Waals surface area contributed by atoms with Crippen molar-refractivity contribution < 1.29 is 14.3 Å². The number of carbonyl (C=O) groups excluding carboxylic acids is 2. The molecule has 4 aromatic rings. The summed E-state index contributed by atoms with van der Waals surface area (Å²) in [6.07, 6.45) is 6.63. The number of aryl methyl sites for hydroxylation is 2. The molecule has 0 fully saturated rings. The van der Waals surface area contributed by atoms with E-state index in [9.17, 15) is 9.59 Å². The van der Waals surface area contributed by atoms with Crippen molar-refractivity contribution in [1.29, 1.82) is 0 Å². The minimum Gasteiger partial charge on any atom is -0.449 e. The second-order valence-corrected chi connectivity index (χ2v) is 7.47. The Hall–Kier alpha value is -4.21. The number of ether oxygens (including phenoxy) is 1. The van der Waals surface area contributed by atoms with Gasteiger partial charge in [0.05, 0.1) is 19.0 Å². The van der Waals surface area contributed by atoms with Gasteiger partial charge in [-0.3, -0.25) is 9.48 Å². The van der Waals surface area contributed by atoms with Crippen LogP contribution in [0, 0.1) is 6.92 Å². The van der Waals surface area contributed by atoms with Gasteiger partial charge in [0.25, 0.3) is 0 Å². The largest absolute Gasteiger partial charge is 0.449 e. The molecule has 3 aromatic heterocycles. The summed E-state index contributed by atoms with van der Waals surface area (Å²) in [5, 5.41) is 12.2. The predicted molar refractivity (Wildman–Crippen MR) is 125 cm³/mol. The van der Waals surface area contributed by atoms with E-state index >= 15 is 0 Å². The van der Waals surface area contributed by atoms with Gasteiger partial charge in [-0.15, -0.1) is 0 Å². The van der Waals surface area contributed by atoms with Gasteiger partial charge in [-0.25, -0.2) is 19.3 Å². The summed E-state index contributed by atoms with van der Waals surface area (Å²) in [6.45, 7) is 4.03. The monoisotopic (exact) mass is 447 g/mol. The quantitative estimate of drug-likeness (QED) is 0.445. The number of imidazole rings is 1. The molecule has 10 nitrogen and oxygen atoms in total. The molecular formula is C23H25N7O3. The lowest BCUT2D eigenvalue weighted by atomic mass is 10.0. The molecule has 0 aliphatic heterocycles. The number of nitrogens with zero attached hydrogens (tertiary/aromatic N) is 5. The Bertz CT molecular complexity index is 1310. The van der Waals surface area contributed by atoms with E-state index < -0.39 is 6.09 Å². The summed E-state index contributed by atoms with van der Waals surface area (Å²) in [5.74, 6) is 1.21. The zero-order valence-electron chi connectivity index (χ0n) is 18.7. The molecule has 0 saturated carbocycles. The molecule has 0 bridgehead atoms. The maximum absolute atomic E-state index is 12.4. The summed E-state index contributed by atoms with van der Waals surface area (Å²) in [6, 6.07) is 8.10. The molecule has 0 aliphatic carbocycles. The summed E-state index contributed by atoms with van der Waals surface area (Å²) >= 11 is 0. The van der Waals surface area contributed by atoms with E-state index in [1.54, 1.807) is 24.7 Å². The number of fused-ring (bicyclic) bond motifs is 1. The zero-order chi connectivity index (χ0) is 23.4. The minimum absolute atomic E-state index is 0.200. The van der Waals surface area contributed by atoms with Crippen LogP contribution in [0.15, 0.2) is 49.1 Å². The Morgan fingerprint density at radius 3 is 2.76 bits per heavy atom. The molecule has 0 spiro atoms. The molecule has 10 heteroatoms. The number of aromatic nitrogens is 5. The average Bonchev–Trinajstić information content (AvgIpc) is 3.39. The molecule has 1 amide bonds. The van der Waals surface area contributed by atoms with Crippen molar-refractivity contribution >= 4 is 34.4 Å². The lowest BCUT2D eigenvalue weighted by molar-refractivity contribution is -0.116. The van der Waals surface area contributed by atoms with Crippen LogP contribution in [0.2, 0.25) is 0 Å². The molecule has 2 N–H and O–H groups in total. The number of hydrogen-bond donors (Lipinski definition) is 2. The van der Waals surface area contributed by atoms with Gasteiger partial charge in [-0.2, -0.15) is 5.10 Å². The van der Waals surface area contributed by atoms with E-state index in [1.807, 2.05) is 37.6 Å². The summed E-state index contributed by atoms with van der Waals surface area (Å²) in [4.78, 5) is 32.9. The lowest BCUT2D eigenvalue weighted by Gasteiger charge is -2.10. The summed E-state index contributed by atoms with van der Waals surface area (Å²) < 4.78 is 7.99. The number of benzene rings is 1.